The molecule has 4 heteroatoms. The van der Waals surface area contributed by atoms with E-state index in [-0.39, 0.29) is 29.7 Å². The second-order valence-electron chi connectivity index (χ2n) is 7.94. The van der Waals surface area contributed by atoms with E-state index in [0.29, 0.717) is 11.5 Å². The van der Waals surface area contributed by atoms with Crippen molar-refractivity contribution < 1.29 is 19.4 Å². The van der Waals surface area contributed by atoms with E-state index in [1.54, 1.807) is 6.92 Å². The summed E-state index contributed by atoms with van der Waals surface area (Å²) in [6.07, 6.45) is 4.90. The van der Waals surface area contributed by atoms with Gasteiger partial charge in [0.15, 0.2) is 0 Å². The molecule has 0 aromatic carbocycles. The maximum Gasteiger partial charge on any atom is 0.333 e. The van der Waals surface area contributed by atoms with Crippen LogP contribution in [0.25, 0.3) is 0 Å². The molecule has 4 aliphatic rings. The van der Waals surface area contributed by atoms with Gasteiger partial charge < -0.3 is 14.6 Å². The summed E-state index contributed by atoms with van der Waals surface area (Å²) >= 11 is 0. The van der Waals surface area contributed by atoms with Crippen LogP contribution in [0.5, 0.6) is 0 Å². The fraction of sp³-hybridized carbons (Fsp3) is 0.824. The Morgan fingerprint density at radius 3 is 2.48 bits per heavy atom. The van der Waals surface area contributed by atoms with Gasteiger partial charge in [0.1, 0.15) is 12.4 Å². The molecule has 4 saturated carbocycles. The third-order valence-electron chi connectivity index (χ3n) is 6.08. The molecule has 4 rings (SSSR count). The molecule has 0 saturated heterocycles. The Labute approximate surface area is 126 Å². The predicted octanol–water partition coefficient (Wildman–Crippen LogP) is 2.80. The van der Waals surface area contributed by atoms with E-state index in [1.807, 2.05) is 0 Å². The van der Waals surface area contributed by atoms with E-state index in [1.165, 1.54) is 6.42 Å². The van der Waals surface area contributed by atoms with Crippen molar-refractivity contribution in [3.8, 4) is 0 Å². The molecular formula is C17H26O4. The molecule has 4 fully saturated rings. The average Bonchev–Trinajstić information content (AvgIpc) is 2.34. The Bertz CT molecular complexity index is 487. The molecule has 0 radical (unpaired) electrons. The van der Waals surface area contributed by atoms with E-state index in [4.69, 9.17) is 9.47 Å². The van der Waals surface area contributed by atoms with Gasteiger partial charge in [-0.3, -0.25) is 0 Å². The zero-order chi connectivity index (χ0) is 15.5. The summed E-state index contributed by atoms with van der Waals surface area (Å²) in [6, 6.07) is 0. The molecule has 0 aliphatic heterocycles. The number of esters is 1. The van der Waals surface area contributed by atoms with Gasteiger partial charge >= 0.3 is 5.97 Å². The maximum atomic E-state index is 12.1. The van der Waals surface area contributed by atoms with Crippen LogP contribution in [0.3, 0.4) is 0 Å². The molecule has 118 valence electrons. The van der Waals surface area contributed by atoms with Crippen LogP contribution in [-0.2, 0) is 14.3 Å². The van der Waals surface area contributed by atoms with Crippen molar-refractivity contribution in [3.63, 3.8) is 0 Å². The number of hydrogen-bond acceptors (Lipinski definition) is 4. The minimum atomic E-state index is -0.459. The molecule has 21 heavy (non-hydrogen) atoms. The Balaban J connectivity index is 1.97. The van der Waals surface area contributed by atoms with Crippen molar-refractivity contribution in [2.75, 3.05) is 6.79 Å². The van der Waals surface area contributed by atoms with Gasteiger partial charge in [-0.25, -0.2) is 4.79 Å². The smallest absolute Gasteiger partial charge is 0.333 e. The van der Waals surface area contributed by atoms with Gasteiger partial charge in [-0.2, -0.15) is 0 Å². The first-order valence-corrected chi connectivity index (χ1v) is 7.88. The number of carbonyl (C=O) groups is 1. The third-order valence-corrected chi connectivity index (χ3v) is 6.08. The molecule has 1 N–H and O–H groups in total. The molecule has 4 aliphatic carbocycles. The van der Waals surface area contributed by atoms with E-state index < -0.39 is 5.60 Å². The largest absolute Gasteiger partial charge is 0.455 e. The maximum absolute atomic E-state index is 12.1. The molecule has 0 amide bonds. The van der Waals surface area contributed by atoms with Gasteiger partial charge in [-0.05, 0) is 50.4 Å². The van der Waals surface area contributed by atoms with Crippen LogP contribution in [0.15, 0.2) is 12.2 Å². The summed E-state index contributed by atoms with van der Waals surface area (Å²) in [5.41, 5.74) is -0.226. The molecule has 0 aromatic heterocycles. The SMILES string of the molecule is C=C(C)C(=O)OC12CC3CC(C)(CC(OCO)(C3)C1C)C2. The van der Waals surface area contributed by atoms with Crippen molar-refractivity contribution in [1.82, 2.24) is 0 Å². The Kier molecular flexibility index (Phi) is 3.27. The number of aliphatic hydroxyl groups is 1. The van der Waals surface area contributed by atoms with Crippen molar-refractivity contribution in [2.24, 2.45) is 17.3 Å². The van der Waals surface area contributed by atoms with Gasteiger partial charge in [0.25, 0.3) is 0 Å². The number of aliphatic hydroxyl groups excluding tert-OH is 1. The summed E-state index contributed by atoms with van der Waals surface area (Å²) < 4.78 is 11.8. The van der Waals surface area contributed by atoms with Gasteiger partial charge in [-0.15, -0.1) is 0 Å². The fourth-order valence-corrected chi connectivity index (χ4v) is 5.63. The summed E-state index contributed by atoms with van der Waals surface area (Å²) in [6.45, 7) is 9.51. The Morgan fingerprint density at radius 2 is 1.90 bits per heavy atom. The molecule has 5 unspecified atom stereocenters. The fourth-order valence-electron chi connectivity index (χ4n) is 5.63. The highest BCUT2D eigenvalue weighted by Crippen LogP contribution is 2.67. The first-order chi connectivity index (χ1) is 9.74. The standard InChI is InChI=1S/C17H26O4/c1-11(2)14(19)21-17-7-13-5-15(4,9-17)8-16(6-13,12(17)3)20-10-18/h12-13,18H,1,5-10H2,2-4H3. The van der Waals surface area contributed by atoms with Crippen molar-refractivity contribution >= 4 is 5.97 Å². The van der Waals surface area contributed by atoms with Crippen LogP contribution in [0.4, 0.5) is 0 Å². The quantitative estimate of drug-likeness (QED) is 0.492. The second kappa shape index (κ2) is 4.56. The zero-order valence-electron chi connectivity index (χ0n) is 13.3. The first-order valence-electron chi connectivity index (χ1n) is 7.88. The number of rotatable bonds is 4. The molecule has 4 bridgehead atoms. The zero-order valence-corrected chi connectivity index (χ0v) is 13.3. The van der Waals surface area contributed by atoms with Crippen molar-refractivity contribution in [1.29, 1.82) is 0 Å². The topological polar surface area (TPSA) is 55.8 Å². The van der Waals surface area contributed by atoms with Crippen LogP contribution in [0.1, 0.15) is 52.9 Å². The monoisotopic (exact) mass is 294 g/mol. The molecular weight excluding hydrogens is 268 g/mol. The van der Waals surface area contributed by atoms with Gasteiger partial charge in [0.05, 0.1) is 5.60 Å². The highest BCUT2D eigenvalue weighted by Gasteiger charge is 2.68. The number of hydrogen-bond donors (Lipinski definition) is 1. The second-order valence-corrected chi connectivity index (χ2v) is 7.94. The van der Waals surface area contributed by atoms with Gasteiger partial charge in [-0.1, -0.05) is 20.4 Å². The van der Waals surface area contributed by atoms with E-state index >= 15 is 0 Å². The van der Waals surface area contributed by atoms with Crippen LogP contribution in [0.2, 0.25) is 0 Å². The normalized spacial score (nSPS) is 47.4. The highest BCUT2D eigenvalue weighted by atomic mass is 16.6. The molecule has 0 spiro atoms. The summed E-state index contributed by atoms with van der Waals surface area (Å²) in [5, 5.41) is 9.34. The molecule has 0 heterocycles. The highest BCUT2D eigenvalue weighted by molar-refractivity contribution is 5.87. The molecule has 5 atom stereocenters. The minimum absolute atomic E-state index is 0.102. The molecule has 4 nitrogen and oxygen atoms in total. The van der Waals surface area contributed by atoms with E-state index in [2.05, 4.69) is 20.4 Å². The van der Waals surface area contributed by atoms with Crippen molar-refractivity contribution in [2.45, 2.75) is 64.1 Å². The van der Waals surface area contributed by atoms with E-state index in [0.717, 1.165) is 25.7 Å². The summed E-state index contributed by atoms with van der Waals surface area (Å²) in [4.78, 5) is 12.1. The number of ether oxygens (including phenoxy) is 2. The first kappa shape index (κ1) is 15.0. The van der Waals surface area contributed by atoms with Gasteiger partial charge in [0, 0.05) is 11.5 Å². The third kappa shape index (κ3) is 2.15. The van der Waals surface area contributed by atoms with Crippen molar-refractivity contribution in [3.05, 3.63) is 12.2 Å². The lowest BCUT2D eigenvalue weighted by molar-refractivity contribution is -0.295. The lowest BCUT2D eigenvalue weighted by Gasteiger charge is -2.67. The lowest BCUT2D eigenvalue weighted by atomic mass is 9.43. The van der Waals surface area contributed by atoms with Crippen LogP contribution in [-0.4, -0.2) is 29.1 Å². The Hall–Kier alpha value is -0.870. The average molecular weight is 294 g/mol. The van der Waals surface area contributed by atoms with Crippen LogP contribution >= 0.6 is 0 Å². The van der Waals surface area contributed by atoms with Crippen LogP contribution < -0.4 is 0 Å². The minimum Gasteiger partial charge on any atom is -0.455 e. The summed E-state index contributed by atoms with van der Waals surface area (Å²) in [7, 11) is 0. The predicted molar refractivity (Wildman–Crippen MR) is 78.4 cm³/mol. The Morgan fingerprint density at radius 1 is 1.29 bits per heavy atom. The summed E-state index contributed by atoms with van der Waals surface area (Å²) in [5.74, 6) is 0.315. The molecule has 0 aromatic rings. The van der Waals surface area contributed by atoms with E-state index in [9.17, 15) is 9.90 Å². The van der Waals surface area contributed by atoms with Gasteiger partial charge in [0.2, 0.25) is 0 Å². The number of carbonyl (C=O) groups excluding carboxylic acids is 1. The van der Waals surface area contributed by atoms with Crippen LogP contribution in [0, 0.1) is 17.3 Å². The lowest BCUT2D eigenvalue weighted by Crippen LogP contribution is -2.69.